The molecule has 3 nitrogen and oxygen atoms in total. The molecular weight excluding hydrogens is 238 g/mol. The van der Waals surface area contributed by atoms with Crippen LogP contribution in [0.15, 0.2) is 0 Å². The maximum absolute atomic E-state index is 11.9. The third-order valence-corrected chi connectivity index (χ3v) is 4.63. The average Bonchev–Trinajstić information content (AvgIpc) is 3.21. The van der Waals surface area contributed by atoms with Gasteiger partial charge in [0.1, 0.15) is 6.04 Å². The first-order valence-corrected chi connectivity index (χ1v) is 7.94. The van der Waals surface area contributed by atoms with E-state index in [-0.39, 0.29) is 12.0 Å². The van der Waals surface area contributed by atoms with Crippen molar-refractivity contribution in [2.45, 2.75) is 70.9 Å². The van der Waals surface area contributed by atoms with Crippen LogP contribution < -0.4 is 5.32 Å². The Morgan fingerprint density at radius 1 is 1.21 bits per heavy atom. The molecule has 0 aromatic heterocycles. The molecule has 1 N–H and O–H groups in total. The molecule has 0 aliphatic heterocycles. The summed E-state index contributed by atoms with van der Waals surface area (Å²) in [5.41, 5.74) is 0. The van der Waals surface area contributed by atoms with Crippen molar-refractivity contribution in [3.63, 3.8) is 0 Å². The molecule has 0 radical (unpaired) electrons. The number of nitrogens with one attached hydrogen (secondary N) is 1. The van der Waals surface area contributed by atoms with Crippen molar-refractivity contribution >= 4 is 5.97 Å². The molecular formula is C16H29NO2. The minimum Gasteiger partial charge on any atom is -0.468 e. The van der Waals surface area contributed by atoms with Gasteiger partial charge < -0.3 is 10.1 Å². The Morgan fingerprint density at radius 2 is 1.95 bits per heavy atom. The van der Waals surface area contributed by atoms with Crippen LogP contribution in [0.2, 0.25) is 0 Å². The van der Waals surface area contributed by atoms with Crippen molar-refractivity contribution in [2.75, 3.05) is 7.11 Å². The predicted molar refractivity (Wildman–Crippen MR) is 76.9 cm³/mol. The van der Waals surface area contributed by atoms with E-state index < -0.39 is 0 Å². The molecule has 0 saturated heterocycles. The Balaban J connectivity index is 1.86. The molecule has 3 atom stereocenters. The lowest BCUT2D eigenvalue weighted by molar-refractivity contribution is -0.144. The van der Waals surface area contributed by atoms with Crippen molar-refractivity contribution in [3.8, 4) is 0 Å². The molecule has 0 aromatic rings. The molecule has 0 aromatic carbocycles. The molecule has 110 valence electrons. The second-order valence-electron chi connectivity index (χ2n) is 6.83. The van der Waals surface area contributed by atoms with E-state index in [0.29, 0.717) is 12.0 Å². The molecule has 2 saturated carbocycles. The maximum Gasteiger partial charge on any atom is 0.322 e. The fraction of sp³-hybridized carbons (Fsp3) is 0.938. The smallest absolute Gasteiger partial charge is 0.322 e. The molecule has 2 fully saturated rings. The summed E-state index contributed by atoms with van der Waals surface area (Å²) in [5.74, 6) is 2.32. The van der Waals surface area contributed by atoms with E-state index >= 15 is 0 Å². The molecule has 3 heteroatoms. The van der Waals surface area contributed by atoms with Crippen molar-refractivity contribution in [2.24, 2.45) is 17.8 Å². The average molecular weight is 267 g/mol. The molecule has 0 amide bonds. The van der Waals surface area contributed by atoms with E-state index in [4.69, 9.17) is 4.74 Å². The SMILES string of the molecule is COC(=O)C(CC(C)C)NC1CCCC(C2CC2)C1. The fourth-order valence-corrected chi connectivity index (χ4v) is 3.51. The molecule has 2 aliphatic carbocycles. The van der Waals surface area contributed by atoms with Gasteiger partial charge in [0.25, 0.3) is 0 Å². The topological polar surface area (TPSA) is 38.3 Å². The van der Waals surface area contributed by atoms with Crippen LogP contribution in [0.5, 0.6) is 0 Å². The quantitative estimate of drug-likeness (QED) is 0.751. The Bertz CT molecular complexity index is 299. The summed E-state index contributed by atoms with van der Waals surface area (Å²) in [6.07, 6.45) is 8.93. The summed E-state index contributed by atoms with van der Waals surface area (Å²) < 4.78 is 4.94. The second-order valence-corrected chi connectivity index (χ2v) is 6.83. The molecule has 0 spiro atoms. The third-order valence-electron chi connectivity index (χ3n) is 4.63. The zero-order valence-electron chi connectivity index (χ0n) is 12.7. The van der Waals surface area contributed by atoms with Gasteiger partial charge in [-0.25, -0.2) is 0 Å². The number of carbonyl (C=O) groups excluding carboxylic acids is 1. The van der Waals surface area contributed by atoms with E-state index in [1.54, 1.807) is 0 Å². The van der Waals surface area contributed by atoms with Crippen LogP contribution in [0.3, 0.4) is 0 Å². The first-order chi connectivity index (χ1) is 9.10. The van der Waals surface area contributed by atoms with Crippen molar-refractivity contribution in [1.29, 1.82) is 0 Å². The zero-order valence-corrected chi connectivity index (χ0v) is 12.7. The van der Waals surface area contributed by atoms with Gasteiger partial charge in [0.15, 0.2) is 0 Å². The van der Waals surface area contributed by atoms with Crippen molar-refractivity contribution < 1.29 is 9.53 Å². The lowest BCUT2D eigenvalue weighted by atomic mass is 9.82. The van der Waals surface area contributed by atoms with E-state index in [1.165, 1.54) is 45.6 Å². The summed E-state index contributed by atoms with van der Waals surface area (Å²) in [6, 6.07) is 0.398. The van der Waals surface area contributed by atoms with E-state index in [0.717, 1.165) is 18.3 Å². The van der Waals surface area contributed by atoms with Gasteiger partial charge in [0.2, 0.25) is 0 Å². The number of rotatable bonds is 6. The highest BCUT2D eigenvalue weighted by Crippen LogP contribution is 2.43. The number of carbonyl (C=O) groups is 1. The van der Waals surface area contributed by atoms with Crippen molar-refractivity contribution in [1.82, 2.24) is 5.32 Å². The highest BCUT2D eigenvalue weighted by atomic mass is 16.5. The number of hydrogen-bond donors (Lipinski definition) is 1. The van der Waals surface area contributed by atoms with E-state index in [1.807, 2.05) is 0 Å². The Kier molecular flexibility index (Phi) is 5.26. The largest absolute Gasteiger partial charge is 0.468 e. The van der Waals surface area contributed by atoms with Crippen LogP contribution in [0.25, 0.3) is 0 Å². The summed E-state index contributed by atoms with van der Waals surface area (Å²) in [5, 5.41) is 3.58. The minimum absolute atomic E-state index is 0.0951. The van der Waals surface area contributed by atoms with Crippen LogP contribution in [0.1, 0.15) is 58.8 Å². The van der Waals surface area contributed by atoms with Gasteiger partial charge in [0.05, 0.1) is 7.11 Å². The van der Waals surface area contributed by atoms with Crippen molar-refractivity contribution in [3.05, 3.63) is 0 Å². The highest BCUT2D eigenvalue weighted by molar-refractivity contribution is 5.75. The summed E-state index contributed by atoms with van der Waals surface area (Å²) in [7, 11) is 1.49. The summed E-state index contributed by atoms with van der Waals surface area (Å²) in [6.45, 7) is 4.32. The molecule has 0 heterocycles. The van der Waals surface area contributed by atoms with Gasteiger partial charge in [-0.15, -0.1) is 0 Å². The van der Waals surface area contributed by atoms with E-state index in [2.05, 4.69) is 19.2 Å². The third kappa shape index (κ3) is 4.48. The van der Waals surface area contributed by atoms with Gasteiger partial charge in [-0.3, -0.25) is 4.79 Å². The maximum atomic E-state index is 11.9. The minimum atomic E-state index is -0.118. The fourth-order valence-electron chi connectivity index (χ4n) is 3.51. The van der Waals surface area contributed by atoms with E-state index in [9.17, 15) is 4.79 Å². The number of methoxy groups -OCH3 is 1. The van der Waals surface area contributed by atoms with Gasteiger partial charge in [0, 0.05) is 6.04 Å². The first kappa shape index (κ1) is 14.8. The number of esters is 1. The Hall–Kier alpha value is -0.570. The van der Waals surface area contributed by atoms with Gasteiger partial charge >= 0.3 is 5.97 Å². The predicted octanol–water partition coefficient (Wildman–Crippen LogP) is 3.13. The highest BCUT2D eigenvalue weighted by Gasteiger charge is 2.35. The lowest BCUT2D eigenvalue weighted by Crippen LogP contribution is -2.46. The Morgan fingerprint density at radius 3 is 2.53 bits per heavy atom. The molecule has 2 aliphatic rings. The standard InChI is InChI=1S/C16H29NO2/c1-11(2)9-15(16(18)19-3)17-14-6-4-5-13(10-14)12-7-8-12/h11-15,17H,4-10H2,1-3H3. The van der Waals surface area contributed by atoms with Crippen LogP contribution in [-0.2, 0) is 9.53 Å². The first-order valence-electron chi connectivity index (χ1n) is 7.94. The zero-order chi connectivity index (χ0) is 13.8. The molecule has 2 rings (SSSR count). The second kappa shape index (κ2) is 6.74. The Labute approximate surface area is 117 Å². The number of ether oxygens (including phenoxy) is 1. The van der Waals surface area contributed by atoms with Gasteiger partial charge in [-0.05, 0) is 49.9 Å². The summed E-state index contributed by atoms with van der Waals surface area (Å²) >= 11 is 0. The van der Waals surface area contributed by atoms with Gasteiger partial charge in [-0.1, -0.05) is 26.7 Å². The van der Waals surface area contributed by atoms with Gasteiger partial charge in [-0.2, -0.15) is 0 Å². The molecule has 19 heavy (non-hydrogen) atoms. The summed E-state index contributed by atoms with van der Waals surface area (Å²) in [4.78, 5) is 11.9. The van der Waals surface area contributed by atoms with Crippen LogP contribution in [-0.4, -0.2) is 25.2 Å². The molecule has 3 unspecified atom stereocenters. The normalized spacial score (nSPS) is 29.3. The van der Waals surface area contributed by atoms with Crippen LogP contribution in [0.4, 0.5) is 0 Å². The lowest BCUT2D eigenvalue weighted by Gasteiger charge is -2.32. The van der Waals surface area contributed by atoms with Crippen LogP contribution >= 0.6 is 0 Å². The van der Waals surface area contributed by atoms with Crippen LogP contribution in [0, 0.1) is 17.8 Å². The molecule has 0 bridgehead atoms. The number of hydrogen-bond acceptors (Lipinski definition) is 3. The monoisotopic (exact) mass is 267 g/mol.